The van der Waals surface area contributed by atoms with Gasteiger partial charge in [-0.15, -0.1) is 0 Å². The minimum Gasteiger partial charge on any atom is -0.489 e. The van der Waals surface area contributed by atoms with E-state index in [1.54, 1.807) is 39.8 Å². The first-order valence-corrected chi connectivity index (χ1v) is 32.5. The summed E-state index contributed by atoms with van der Waals surface area (Å²) in [6.45, 7) is 10.1. The van der Waals surface area contributed by atoms with Crippen LogP contribution in [0, 0.1) is 17.8 Å². The highest BCUT2D eigenvalue weighted by Crippen LogP contribution is 2.37. The van der Waals surface area contributed by atoms with Crippen molar-refractivity contribution in [3.8, 4) is 5.75 Å². The first-order valence-electron chi connectivity index (χ1n) is 31.7. The molecular weight excluding hydrogens is 1250 g/mol. The second-order valence-corrected chi connectivity index (χ2v) is 26.8. The number of halogens is 5. The summed E-state index contributed by atoms with van der Waals surface area (Å²) in [5, 5.41) is 8.12. The summed E-state index contributed by atoms with van der Waals surface area (Å²) < 4.78 is 47.3. The lowest BCUT2D eigenvalue weighted by atomic mass is 9.91. The molecule has 1 spiro atoms. The number of para-hydroxylation sites is 1. The number of hydrogen-bond acceptors (Lipinski definition) is 12. The SMILES string of the molecule is CC[C@H](C)[C@@H]1NC(=O)[C@H](CC(C)C)N(C)C(=O)C[C@@H](C)N(C)C(=O)[C@H](C(C)C)N(C)C(=O)C2(CCCC2)NC(=O)[C@@H]2CCCN2C(=O)[C@H](CCc2ccc(C(F)(F)F)c(Cl)c2)NC(=O)CN(C)C(=O)[C@H](COc2ccccc2Cl)N(C)C(=O)CN(C)C(=O)CN(C)C1=O. The Bertz CT molecular complexity index is 3060. The monoisotopic (exact) mass is 1350 g/mol. The number of nitrogens with zero attached hydrogens (tertiary/aromatic N) is 8. The van der Waals surface area contributed by atoms with Gasteiger partial charge in [-0.3, -0.25) is 52.7 Å². The number of amides is 11. The molecule has 23 nitrogen and oxygen atoms in total. The van der Waals surface area contributed by atoms with Crippen LogP contribution in [0.3, 0.4) is 0 Å². The third kappa shape index (κ3) is 19.5. The molecule has 2 aromatic carbocycles. The van der Waals surface area contributed by atoms with E-state index >= 15 is 9.59 Å². The van der Waals surface area contributed by atoms with E-state index < -0.39 is 168 Å². The molecule has 2 heterocycles. The van der Waals surface area contributed by atoms with Crippen molar-refractivity contribution in [3.05, 3.63) is 63.6 Å². The van der Waals surface area contributed by atoms with E-state index in [1.165, 1.54) is 87.1 Å². The van der Waals surface area contributed by atoms with Gasteiger partial charge in [0, 0.05) is 68.3 Å². The zero-order valence-corrected chi connectivity index (χ0v) is 57.5. The van der Waals surface area contributed by atoms with E-state index in [1.807, 2.05) is 20.8 Å². The zero-order valence-electron chi connectivity index (χ0n) is 56.0. The van der Waals surface area contributed by atoms with Gasteiger partial charge in [0.25, 0.3) is 0 Å². The molecule has 2 aliphatic heterocycles. The van der Waals surface area contributed by atoms with Crippen molar-refractivity contribution in [1.82, 2.24) is 55.1 Å². The molecule has 2 aromatic rings. The van der Waals surface area contributed by atoms with Crippen LogP contribution in [0.2, 0.25) is 10.0 Å². The fourth-order valence-corrected chi connectivity index (χ4v) is 12.6. The second kappa shape index (κ2) is 33.3. The van der Waals surface area contributed by atoms with Crippen molar-refractivity contribution >= 4 is 88.2 Å². The first kappa shape index (κ1) is 76.5. The third-order valence-corrected chi connectivity index (χ3v) is 18.8. The summed E-state index contributed by atoms with van der Waals surface area (Å²) in [6, 6.07) is 1.13. The van der Waals surface area contributed by atoms with Crippen LogP contribution in [0.15, 0.2) is 42.5 Å². The molecule has 0 aromatic heterocycles. The number of nitrogens with one attached hydrogen (secondary N) is 3. The Hall–Kier alpha value is -7.22. The number of likely N-dealkylation sites (N-methyl/N-ethyl adjacent to an activating group) is 7. The predicted molar refractivity (Wildman–Crippen MR) is 343 cm³/mol. The highest BCUT2D eigenvalue weighted by Gasteiger charge is 2.50. The number of carbonyl (C=O) groups excluding carboxylic acids is 11. The normalized spacial score (nSPS) is 24.7. The molecule has 2 saturated heterocycles. The van der Waals surface area contributed by atoms with Crippen molar-refractivity contribution in [2.45, 2.75) is 173 Å². The molecule has 8 atom stereocenters. The predicted octanol–water partition coefficient (Wildman–Crippen LogP) is 5.27. The Morgan fingerprint density at radius 2 is 1.28 bits per heavy atom. The third-order valence-electron chi connectivity index (χ3n) is 18.2. The maximum Gasteiger partial charge on any atom is 0.417 e. The Balaban J connectivity index is 1.57. The fraction of sp³-hybridized carbons (Fsp3) is 0.646. The van der Waals surface area contributed by atoms with Crippen LogP contribution in [-0.4, -0.2) is 234 Å². The van der Waals surface area contributed by atoms with Gasteiger partial charge in [-0.2, -0.15) is 13.2 Å². The van der Waals surface area contributed by atoms with E-state index in [2.05, 4.69) is 16.0 Å². The molecule has 3 aliphatic rings. The summed E-state index contributed by atoms with van der Waals surface area (Å²) in [5.74, 6) is -8.41. The number of hydrogen-bond donors (Lipinski definition) is 3. The van der Waals surface area contributed by atoms with Gasteiger partial charge < -0.3 is 59.9 Å². The van der Waals surface area contributed by atoms with Crippen molar-refractivity contribution in [2.75, 3.05) is 82.1 Å². The number of alkyl halides is 3. The van der Waals surface area contributed by atoms with E-state index in [-0.39, 0.29) is 73.7 Å². The highest BCUT2D eigenvalue weighted by molar-refractivity contribution is 6.32. The van der Waals surface area contributed by atoms with Gasteiger partial charge in [0.1, 0.15) is 54.1 Å². The zero-order chi connectivity index (χ0) is 69.7. The Morgan fingerprint density at radius 3 is 1.87 bits per heavy atom. The Morgan fingerprint density at radius 1 is 0.667 bits per heavy atom. The molecule has 93 heavy (non-hydrogen) atoms. The van der Waals surface area contributed by atoms with Gasteiger partial charge in [-0.25, -0.2) is 0 Å². The Kier molecular flexibility index (Phi) is 27.3. The van der Waals surface area contributed by atoms with Crippen molar-refractivity contribution in [2.24, 2.45) is 17.8 Å². The van der Waals surface area contributed by atoms with Crippen LogP contribution in [0.1, 0.15) is 124 Å². The van der Waals surface area contributed by atoms with Gasteiger partial charge in [0.05, 0.1) is 35.2 Å². The van der Waals surface area contributed by atoms with E-state index in [0.29, 0.717) is 25.7 Å². The first-order chi connectivity index (χ1) is 43.5. The smallest absolute Gasteiger partial charge is 0.417 e. The van der Waals surface area contributed by atoms with E-state index in [0.717, 1.165) is 31.7 Å². The van der Waals surface area contributed by atoms with Crippen LogP contribution >= 0.6 is 23.2 Å². The Labute approximate surface area is 554 Å². The fourth-order valence-electron chi connectivity index (χ4n) is 12.1. The van der Waals surface area contributed by atoms with Crippen molar-refractivity contribution in [1.29, 1.82) is 0 Å². The maximum absolute atomic E-state index is 15.1. The molecule has 0 radical (unpaired) electrons. The average molecular weight is 1350 g/mol. The molecule has 28 heteroatoms. The highest BCUT2D eigenvalue weighted by atomic mass is 35.5. The average Bonchev–Trinajstić information content (AvgIpc) is 1.75. The minimum atomic E-state index is -4.77. The number of carbonyl (C=O) groups is 11. The summed E-state index contributed by atoms with van der Waals surface area (Å²) in [5.41, 5.74) is -2.34. The molecule has 0 bridgehead atoms. The molecular formula is C65H94Cl2F3N11O12. The van der Waals surface area contributed by atoms with Gasteiger partial charge in [0.2, 0.25) is 65.0 Å². The molecule has 516 valence electrons. The number of rotatable bonds is 11. The van der Waals surface area contributed by atoms with Gasteiger partial charge in [-0.1, -0.05) is 102 Å². The lowest BCUT2D eigenvalue weighted by Crippen LogP contribution is -2.64. The topological polar surface area (TPSA) is 259 Å². The number of fused-ring (bicyclic) bond motifs is 1. The summed E-state index contributed by atoms with van der Waals surface area (Å²) in [6.07, 6.45) is -2.86. The molecule has 1 saturated carbocycles. The number of aryl methyl sites for hydroxylation is 1. The quantitative estimate of drug-likeness (QED) is 0.260. The molecule has 1 aliphatic carbocycles. The standard InChI is InChI=1S/C65H94Cl2F3N11O12/c1-15-40(6)55-61(90)76(10)35-53(84)74(8)36-54(85)79(13)49(37-93-50-23-17-16-21-44(50)66)60(89)75(9)34-51(82)71-46(27-25-42-24-26-43(45(67)33-42)65(68,69)70)59(88)81-30-20-22-47(81)58(87)73-64(28-18-19-29-64)63(92)80(14)56(39(4)5)62(91)77(11)41(7)32-52(83)78(12)48(31-38(2)3)57(86)72-55/h16-17,21,23-24,26,33,38-41,46-49,55-56H,15,18-20,22,25,27-32,34-37H2,1-14H3,(H,71,82)(H,72,86)(H,73,87)/t40-,41+,46-,47-,48-,49-,55-,56-/m0/s1. The van der Waals surface area contributed by atoms with Crippen LogP contribution in [0.4, 0.5) is 13.2 Å². The molecule has 0 unspecified atom stereocenters. The second-order valence-electron chi connectivity index (χ2n) is 26.0. The van der Waals surface area contributed by atoms with Crippen LogP contribution in [-0.2, 0) is 65.3 Å². The number of ether oxygens (including phenoxy) is 1. The van der Waals surface area contributed by atoms with Crippen molar-refractivity contribution < 1.29 is 70.6 Å². The molecule has 3 N–H and O–H groups in total. The number of benzene rings is 2. The van der Waals surface area contributed by atoms with Crippen molar-refractivity contribution in [3.63, 3.8) is 0 Å². The largest absolute Gasteiger partial charge is 0.489 e. The van der Waals surface area contributed by atoms with Crippen LogP contribution in [0.5, 0.6) is 5.75 Å². The van der Waals surface area contributed by atoms with Gasteiger partial charge >= 0.3 is 6.18 Å². The lowest BCUT2D eigenvalue weighted by molar-refractivity contribution is -0.152. The molecule has 3 fully saturated rings. The summed E-state index contributed by atoms with van der Waals surface area (Å²) in [7, 11) is 9.68. The van der Waals surface area contributed by atoms with Gasteiger partial charge in [0.15, 0.2) is 0 Å². The maximum atomic E-state index is 15.1. The van der Waals surface area contributed by atoms with E-state index in [9.17, 15) is 56.3 Å². The minimum absolute atomic E-state index is 0.0226. The lowest BCUT2D eigenvalue weighted by Gasteiger charge is -2.41. The van der Waals surface area contributed by atoms with E-state index in [4.69, 9.17) is 27.9 Å². The van der Waals surface area contributed by atoms with Gasteiger partial charge in [-0.05, 0) is 99.5 Å². The van der Waals surface area contributed by atoms with Crippen LogP contribution < -0.4 is 20.7 Å². The van der Waals surface area contributed by atoms with Crippen LogP contribution in [0.25, 0.3) is 0 Å². The summed E-state index contributed by atoms with van der Waals surface area (Å²) in [4.78, 5) is 169. The molecule has 5 rings (SSSR count). The summed E-state index contributed by atoms with van der Waals surface area (Å²) >= 11 is 12.5. The molecule has 11 amide bonds.